The van der Waals surface area contributed by atoms with Gasteiger partial charge in [-0.1, -0.05) is 6.07 Å². The van der Waals surface area contributed by atoms with Crippen LogP contribution in [0.15, 0.2) is 18.2 Å². The number of halogens is 1. The van der Waals surface area contributed by atoms with Gasteiger partial charge in [-0.05, 0) is 38.5 Å². The lowest BCUT2D eigenvalue weighted by Gasteiger charge is -2.11. The quantitative estimate of drug-likeness (QED) is 0.814. The minimum Gasteiger partial charge on any atom is -0.382 e. The Labute approximate surface area is 91.4 Å². The maximum atomic E-state index is 8.83. The molecule has 0 heterocycles. The topological polar surface area (TPSA) is 35.8 Å². The lowest BCUT2D eigenvalue weighted by atomic mass is 10.1. The first-order valence-corrected chi connectivity index (χ1v) is 4.41. The third-order valence-corrected chi connectivity index (χ3v) is 1.74. The van der Waals surface area contributed by atoms with Crippen LogP contribution < -0.4 is 5.32 Å². The Hall–Kier alpha value is -1.20. The van der Waals surface area contributed by atoms with Crippen molar-refractivity contribution in [3.05, 3.63) is 29.3 Å². The fourth-order valence-electron chi connectivity index (χ4n) is 1.19. The van der Waals surface area contributed by atoms with Gasteiger partial charge in [0.2, 0.25) is 0 Å². The number of nitrogens with zero attached hydrogens (tertiary/aromatic N) is 1. The third kappa shape index (κ3) is 3.27. The van der Waals surface area contributed by atoms with Gasteiger partial charge in [0.05, 0.1) is 11.3 Å². The lowest BCUT2D eigenvalue weighted by Crippen LogP contribution is -2.10. The van der Waals surface area contributed by atoms with Crippen molar-refractivity contribution in [2.75, 3.05) is 5.32 Å². The second-order valence-corrected chi connectivity index (χ2v) is 3.46. The molecule has 0 bridgehead atoms. The molecular formula is C11H15ClN2. The number of aryl methyl sites for hydroxylation is 1. The highest BCUT2D eigenvalue weighted by molar-refractivity contribution is 5.85. The van der Waals surface area contributed by atoms with Gasteiger partial charge in [0.25, 0.3) is 0 Å². The van der Waals surface area contributed by atoms with Gasteiger partial charge in [-0.2, -0.15) is 5.26 Å². The zero-order valence-corrected chi connectivity index (χ0v) is 9.48. The van der Waals surface area contributed by atoms with Crippen LogP contribution in [0.25, 0.3) is 0 Å². The molecule has 0 saturated heterocycles. The fourth-order valence-corrected chi connectivity index (χ4v) is 1.19. The van der Waals surface area contributed by atoms with E-state index in [2.05, 4.69) is 25.2 Å². The second-order valence-electron chi connectivity index (χ2n) is 3.46. The summed E-state index contributed by atoms with van der Waals surface area (Å²) in [5.41, 5.74) is 2.80. The Morgan fingerprint density at radius 2 is 2.00 bits per heavy atom. The van der Waals surface area contributed by atoms with Crippen LogP contribution in [0, 0.1) is 18.3 Å². The molecule has 0 radical (unpaired) electrons. The summed E-state index contributed by atoms with van der Waals surface area (Å²) in [6.45, 7) is 6.14. The van der Waals surface area contributed by atoms with Crippen molar-refractivity contribution in [2.24, 2.45) is 0 Å². The normalized spacial score (nSPS) is 9.07. The molecule has 0 aliphatic heterocycles. The van der Waals surface area contributed by atoms with Gasteiger partial charge in [0.15, 0.2) is 0 Å². The molecule has 76 valence electrons. The molecule has 0 aliphatic carbocycles. The van der Waals surface area contributed by atoms with E-state index in [0.717, 1.165) is 5.69 Å². The number of benzene rings is 1. The molecule has 14 heavy (non-hydrogen) atoms. The van der Waals surface area contributed by atoms with Crippen LogP contribution >= 0.6 is 12.4 Å². The summed E-state index contributed by atoms with van der Waals surface area (Å²) in [6, 6.07) is 8.32. The van der Waals surface area contributed by atoms with Crippen LogP contribution in [-0.4, -0.2) is 6.04 Å². The molecule has 1 N–H and O–H groups in total. The predicted octanol–water partition coefficient (Wildman–Crippen LogP) is 3.11. The second kappa shape index (κ2) is 5.51. The number of hydrogen-bond acceptors (Lipinski definition) is 2. The van der Waals surface area contributed by atoms with E-state index in [1.807, 2.05) is 25.1 Å². The van der Waals surface area contributed by atoms with E-state index in [0.29, 0.717) is 11.6 Å². The average Bonchev–Trinajstić information content (AvgIpc) is 2.03. The molecule has 0 aliphatic rings. The standard InChI is InChI=1S/C11H14N2.ClH/c1-8(2)13-11-6-9(3)4-5-10(11)7-12;/h4-6,8,13H,1-3H3;1H. The summed E-state index contributed by atoms with van der Waals surface area (Å²) in [7, 11) is 0. The largest absolute Gasteiger partial charge is 0.382 e. The lowest BCUT2D eigenvalue weighted by molar-refractivity contribution is 0.898. The van der Waals surface area contributed by atoms with Crippen molar-refractivity contribution in [3.8, 4) is 6.07 Å². The monoisotopic (exact) mass is 210 g/mol. The summed E-state index contributed by atoms with van der Waals surface area (Å²) < 4.78 is 0. The Morgan fingerprint density at radius 3 is 2.50 bits per heavy atom. The minimum absolute atomic E-state index is 0. The molecule has 1 rings (SSSR count). The van der Waals surface area contributed by atoms with Crippen LogP contribution in [0.2, 0.25) is 0 Å². The summed E-state index contributed by atoms with van der Waals surface area (Å²) >= 11 is 0. The molecule has 0 amide bonds. The number of nitrogens with one attached hydrogen (secondary N) is 1. The highest BCUT2D eigenvalue weighted by atomic mass is 35.5. The van der Waals surface area contributed by atoms with Gasteiger partial charge < -0.3 is 5.32 Å². The molecule has 0 fully saturated rings. The molecule has 0 atom stereocenters. The van der Waals surface area contributed by atoms with Crippen LogP contribution in [-0.2, 0) is 0 Å². The summed E-state index contributed by atoms with van der Waals surface area (Å²) in [4.78, 5) is 0. The molecule has 2 nitrogen and oxygen atoms in total. The first-order chi connectivity index (χ1) is 6.13. The first-order valence-electron chi connectivity index (χ1n) is 4.41. The molecule has 0 spiro atoms. The highest BCUT2D eigenvalue weighted by Crippen LogP contribution is 2.17. The van der Waals surface area contributed by atoms with Gasteiger partial charge in [0.1, 0.15) is 6.07 Å². The van der Waals surface area contributed by atoms with E-state index in [4.69, 9.17) is 5.26 Å². The summed E-state index contributed by atoms with van der Waals surface area (Å²) in [5.74, 6) is 0. The zero-order chi connectivity index (χ0) is 9.84. The molecule has 0 aromatic heterocycles. The molecular weight excluding hydrogens is 196 g/mol. The van der Waals surface area contributed by atoms with E-state index < -0.39 is 0 Å². The van der Waals surface area contributed by atoms with Crippen LogP contribution in [0.3, 0.4) is 0 Å². The average molecular weight is 211 g/mol. The Kier molecular flexibility index (Phi) is 5.04. The highest BCUT2D eigenvalue weighted by Gasteiger charge is 2.02. The van der Waals surface area contributed by atoms with Crippen molar-refractivity contribution in [1.82, 2.24) is 0 Å². The maximum absolute atomic E-state index is 8.83. The van der Waals surface area contributed by atoms with Crippen molar-refractivity contribution >= 4 is 18.1 Å². The molecule has 0 saturated carbocycles. The van der Waals surface area contributed by atoms with Gasteiger partial charge in [-0.15, -0.1) is 12.4 Å². The molecule has 0 unspecified atom stereocenters. The number of hydrogen-bond donors (Lipinski definition) is 1. The number of anilines is 1. The number of rotatable bonds is 2. The molecule has 1 aromatic carbocycles. The first kappa shape index (κ1) is 12.8. The maximum Gasteiger partial charge on any atom is 0.101 e. The van der Waals surface area contributed by atoms with E-state index in [9.17, 15) is 0 Å². The fraction of sp³-hybridized carbons (Fsp3) is 0.364. The minimum atomic E-state index is 0. The zero-order valence-electron chi connectivity index (χ0n) is 8.66. The van der Waals surface area contributed by atoms with Crippen LogP contribution in [0.5, 0.6) is 0 Å². The van der Waals surface area contributed by atoms with E-state index >= 15 is 0 Å². The SMILES string of the molecule is Cc1ccc(C#N)c(NC(C)C)c1.Cl. The van der Waals surface area contributed by atoms with E-state index in [1.54, 1.807) is 0 Å². The van der Waals surface area contributed by atoms with Crippen molar-refractivity contribution in [3.63, 3.8) is 0 Å². The third-order valence-electron chi connectivity index (χ3n) is 1.74. The van der Waals surface area contributed by atoms with Crippen molar-refractivity contribution in [2.45, 2.75) is 26.8 Å². The smallest absolute Gasteiger partial charge is 0.101 e. The van der Waals surface area contributed by atoms with E-state index in [-0.39, 0.29) is 12.4 Å². The summed E-state index contributed by atoms with van der Waals surface area (Å²) in [6.07, 6.45) is 0. The van der Waals surface area contributed by atoms with E-state index in [1.165, 1.54) is 5.56 Å². The molecule has 3 heteroatoms. The van der Waals surface area contributed by atoms with Crippen molar-refractivity contribution in [1.29, 1.82) is 5.26 Å². The van der Waals surface area contributed by atoms with Crippen LogP contribution in [0.4, 0.5) is 5.69 Å². The molecule has 1 aromatic rings. The number of nitriles is 1. The van der Waals surface area contributed by atoms with Gasteiger partial charge in [0, 0.05) is 6.04 Å². The van der Waals surface area contributed by atoms with Crippen LogP contribution in [0.1, 0.15) is 25.0 Å². The predicted molar refractivity (Wildman–Crippen MR) is 61.9 cm³/mol. The summed E-state index contributed by atoms with van der Waals surface area (Å²) in [5, 5.41) is 12.1. The Morgan fingerprint density at radius 1 is 1.36 bits per heavy atom. The van der Waals surface area contributed by atoms with Crippen molar-refractivity contribution < 1.29 is 0 Å². The van der Waals surface area contributed by atoms with Gasteiger partial charge in [-0.25, -0.2) is 0 Å². The Balaban J connectivity index is 0.00000169. The van der Waals surface area contributed by atoms with Gasteiger partial charge >= 0.3 is 0 Å². The van der Waals surface area contributed by atoms with Gasteiger partial charge in [-0.3, -0.25) is 0 Å². The Bertz CT molecular complexity index is 340.